The zero-order valence-electron chi connectivity index (χ0n) is 12.4. The highest BCUT2D eigenvalue weighted by atomic mass is 32.2. The molecule has 0 radical (unpaired) electrons. The minimum Gasteiger partial charge on any atom is -0.480 e. The van der Waals surface area contributed by atoms with E-state index >= 15 is 0 Å². The van der Waals surface area contributed by atoms with E-state index in [-0.39, 0.29) is 4.32 Å². The maximum Gasteiger partial charge on any atom is 0.323 e. The van der Waals surface area contributed by atoms with Gasteiger partial charge in [-0.3, -0.25) is 14.5 Å². The topological polar surface area (TPSA) is 57.6 Å². The van der Waals surface area contributed by atoms with Crippen molar-refractivity contribution in [3.8, 4) is 11.1 Å². The second-order valence-electron chi connectivity index (χ2n) is 5.03. The average Bonchev–Trinajstić information content (AvgIpc) is 3.11. The SMILES string of the molecule is O=C(O)CN1C(=O)C(=Cc2cc(-c3ccc(F)c(F)c3)cs2)SC1=S. The summed E-state index contributed by atoms with van der Waals surface area (Å²) in [6, 6.07) is 5.37. The first-order valence-corrected chi connectivity index (χ1v) is 8.96. The van der Waals surface area contributed by atoms with E-state index in [1.54, 1.807) is 17.5 Å². The van der Waals surface area contributed by atoms with Crippen LogP contribution in [-0.2, 0) is 9.59 Å². The number of thiocarbonyl (C=S) groups is 1. The number of benzene rings is 1. The molecular weight excluding hydrogens is 388 g/mol. The summed E-state index contributed by atoms with van der Waals surface area (Å²) in [5, 5.41) is 10.6. The molecule has 1 N–H and O–H groups in total. The highest BCUT2D eigenvalue weighted by Gasteiger charge is 2.33. The minimum absolute atomic E-state index is 0.191. The molecule has 25 heavy (non-hydrogen) atoms. The van der Waals surface area contributed by atoms with Crippen LogP contribution in [-0.4, -0.2) is 32.7 Å². The average molecular weight is 397 g/mol. The van der Waals surface area contributed by atoms with Crippen molar-refractivity contribution in [2.75, 3.05) is 6.54 Å². The molecule has 1 aliphatic rings. The monoisotopic (exact) mass is 397 g/mol. The van der Waals surface area contributed by atoms with Crippen molar-refractivity contribution < 1.29 is 23.5 Å². The van der Waals surface area contributed by atoms with E-state index in [9.17, 15) is 18.4 Å². The summed E-state index contributed by atoms with van der Waals surface area (Å²) in [5.41, 5.74) is 1.21. The molecule has 128 valence electrons. The Hall–Kier alpha value is -2.10. The summed E-state index contributed by atoms with van der Waals surface area (Å²) in [4.78, 5) is 25.1. The van der Waals surface area contributed by atoms with Crippen molar-refractivity contribution in [1.82, 2.24) is 4.90 Å². The fourth-order valence-corrected chi connectivity index (χ4v) is 4.32. The number of aliphatic carboxylic acids is 1. The van der Waals surface area contributed by atoms with Crippen molar-refractivity contribution in [3.63, 3.8) is 0 Å². The summed E-state index contributed by atoms with van der Waals surface area (Å²) in [5.74, 6) is -3.45. The lowest BCUT2D eigenvalue weighted by Crippen LogP contribution is -2.33. The van der Waals surface area contributed by atoms with Gasteiger partial charge in [-0.05, 0) is 40.8 Å². The Kier molecular flexibility index (Phi) is 4.98. The van der Waals surface area contributed by atoms with E-state index in [0.717, 1.165) is 33.7 Å². The molecule has 0 atom stereocenters. The predicted molar refractivity (Wildman–Crippen MR) is 97.2 cm³/mol. The third kappa shape index (κ3) is 3.78. The number of rotatable bonds is 4. The first-order chi connectivity index (χ1) is 11.8. The van der Waals surface area contributed by atoms with Crippen LogP contribution in [0.3, 0.4) is 0 Å². The molecular formula is C16H9F2NO3S3. The Balaban J connectivity index is 1.84. The molecule has 0 saturated carbocycles. The van der Waals surface area contributed by atoms with Gasteiger partial charge >= 0.3 is 5.97 Å². The molecule has 1 aromatic carbocycles. The third-order valence-electron chi connectivity index (χ3n) is 3.31. The van der Waals surface area contributed by atoms with Crippen LogP contribution in [0.1, 0.15) is 4.88 Å². The van der Waals surface area contributed by atoms with Crippen LogP contribution in [0.2, 0.25) is 0 Å². The van der Waals surface area contributed by atoms with Gasteiger partial charge in [0, 0.05) is 4.88 Å². The number of amides is 1. The van der Waals surface area contributed by atoms with Crippen LogP contribution >= 0.6 is 35.3 Å². The zero-order chi connectivity index (χ0) is 18.1. The predicted octanol–water partition coefficient (Wildman–Crippen LogP) is 3.98. The molecule has 0 aliphatic carbocycles. The van der Waals surface area contributed by atoms with Crippen LogP contribution in [0.25, 0.3) is 17.2 Å². The molecule has 9 heteroatoms. The van der Waals surface area contributed by atoms with Crippen molar-refractivity contribution in [2.45, 2.75) is 0 Å². The first-order valence-electron chi connectivity index (χ1n) is 6.86. The Labute approximate surface area is 154 Å². The van der Waals surface area contributed by atoms with E-state index in [4.69, 9.17) is 17.3 Å². The zero-order valence-corrected chi connectivity index (χ0v) is 14.8. The molecule has 2 heterocycles. The molecule has 1 amide bonds. The maximum absolute atomic E-state index is 13.3. The molecule has 0 spiro atoms. The van der Waals surface area contributed by atoms with Gasteiger partial charge in [0.05, 0.1) is 4.91 Å². The van der Waals surface area contributed by atoms with E-state index in [0.29, 0.717) is 16.0 Å². The van der Waals surface area contributed by atoms with Gasteiger partial charge in [-0.2, -0.15) is 0 Å². The van der Waals surface area contributed by atoms with Gasteiger partial charge in [-0.15, -0.1) is 11.3 Å². The summed E-state index contributed by atoms with van der Waals surface area (Å²) < 4.78 is 26.5. The van der Waals surface area contributed by atoms with Crippen molar-refractivity contribution in [1.29, 1.82) is 0 Å². The highest BCUT2D eigenvalue weighted by Crippen LogP contribution is 2.35. The van der Waals surface area contributed by atoms with Crippen molar-refractivity contribution >= 4 is 57.6 Å². The molecule has 3 rings (SSSR count). The Morgan fingerprint density at radius 2 is 2.00 bits per heavy atom. The molecule has 1 aliphatic heterocycles. The third-order valence-corrected chi connectivity index (χ3v) is 5.57. The number of carboxylic acids is 1. The van der Waals surface area contributed by atoms with Gasteiger partial charge in [0.1, 0.15) is 10.9 Å². The second kappa shape index (κ2) is 7.03. The lowest BCUT2D eigenvalue weighted by Gasteiger charge is -2.09. The molecule has 2 aromatic rings. The van der Waals surface area contributed by atoms with Gasteiger partial charge in [0.15, 0.2) is 11.6 Å². The lowest BCUT2D eigenvalue weighted by atomic mass is 10.1. The van der Waals surface area contributed by atoms with Gasteiger partial charge in [-0.1, -0.05) is 30.0 Å². The standard InChI is InChI=1S/C16H9F2NO3S3/c17-11-2-1-8(4-12(11)18)9-3-10(24-7-9)5-13-15(22)19(6-14(20)21)16(23)25-13/h1-5,7H,6H2,(H,20,21). The Morgan fingerprint density at radius 1 is 1.24 bits per heavy atom. The Morgan fingerprint density at radius 3 is 2.68 bits per heavy atom. The van der Waals surface area contributed by atoms with Crippen LogP contribution in [0, 0.1) is 11.6 Å². The van der Waals surface area contributed by atoms with E-state index in [2.05, 4.69) is 0 Å². The van der Waals surface area contributed by atoms with Crippen molar-refractivity contribution in [3.05, 3.63) is 51.1 Å². The summed E-state index contributed by atoms with van der Waals surface area (Å²) in [7, 11) is 0. The second-order valence-corrected chi connectivity index (χ2v) is 7.65. The number of hydrogen-bond acceptors (Lipinski definition) is 5. The smallest absolute Gasteiger partial charge is 0.323 e. The number of carboxylic acid groups (broad SMARTS) is 1. The number of halogens is 2. The van der Waals surface area contributed by atoms with Gasteiger partial charge in [0.2, 0.25) is 0 Å². The molecule has 1 saturated heterocycles. The number of nitrogens with zero attached hydrogens (tertiary/aromatic N) is 1. The van der Waals surface area contributed by atoms with Crippen LogP contribution in [0.15, 0.2) is 34.6 Å². The minimum atomic E-state index is -1.14. The summed E-state index contributed by atoms with van der Waals surface area (Å²) >= 11 is 7.38. The number of carbonyl (C=O) groups is 2. The normalized spacial score (nSPS) is 16.1. The van der Waals surface area contributed by atoms with E-state index in [1.165, 1.54) is 17.4 Å². The maximum atomic E-state index is 13.3. The number of thiophene rings is 1. The molecule has 1 fully saturated rings. The van der Waals surface area contributed by atoms with Gasteiger partial charge < -0.3 is 5.11 Å². The largest absolute Gasteiger partial charge is 0.480 e. The fourth-order valence-electron chi connectivity index (χ4n) is 2.16. The first kappa shape index (κ1) is 17.7. The highest BCUT2D eigenvalue weighted by molar-refractivity contribution is 8.26. The fraction of sp³-hybridized carbons (Fsp3) is 0.0625. The Bertz CT molecular complexity index is 923. The van der Waals surface area contributed by atoms with Crippen LogP contribution in [0.4, 0.5) is 8.78 Å². The van der Waals surface area contributed by atoms with Crippen LogP contribution < -0.4 is 0 Å². The molecule has 1 aromatic heterocycles. The van der Waals surface area contributed by atoms with E-state index in [1.807, 2.05) is 0 Å². The summed E-state index contributed by atoms with van der Waals surface area (Å²) in [6.07, 6.45) is 1.61. The summed E-state index contributed by atoms with van der Waals surface area (Å²) in [6.45, 7) is -0.480. The number of carbonyl (C=O) groups excluding carboxylic acids is 1. The van der Waals surface area contributed by atoms with Crippen LogP contribution in [0.5, 0.6) is 0 Å². The van der Waals surface area contributed by atoms with Gasteiger partial charge in [0.25, 0.3) is 5.91 Å². The number of hydrogen-bond donors (Lipinski definition) is 1. The lowest BCUT2D eigenvalue weighted by molar-refractivity contribution is -0.140. The molecule has 0 unspecified atom stereocenters. The van der Waals surface area contributed by atoms with E-state index < -0.39 is 30.1 Å². The molecule has 4 nitrogen and oxygen atoms in total. The quantitative estimate of drug-likeness (QED) is 0.625. The van der Waals surface area contributed by atoms with Gasteiger partial charge in [-0.25, -0.2) is 8.78 Å². The molecule has 0 bridgehead atoms. The number of thioether (sulfide) groups is 1. The van der Waals surface area contributed by atoms with Crippen molar-refractivity contribution in [2.24, 2.45) is 0 Å².